The van der Waals surface area contributed by atoms with Gasteiger partial charge in [0.05, 0.1) is 18.0 Å². The molecule has 0 radical (unpaired) electrons. The van der Waals surface area contributed by atoms with Gasteiger partial charge in [0.15, 0.2) is 0 Å². The molecule has 1 fully saturated rings. The number of aliphatic hydroxyl groups is 1. The van der Waals surface area contributed by atoms with Gasteiger partial charge in [-0.3, -0.25) is 0 Å². The van der Waals surface area contributed by atoms with Crippen molar-refractivity contribution < 1.29 is 9.84 Å². The molecule has 3 heterocycles. The van der Waals surface area contributed by atoms with E-state index in [0.29, 0.717) is 5.92 Å². The van der Waals surface area contributed by atoms with Crippen LogP contribution in [0.15, 0.2) is 18.6 Å². The summed E-state index contributed by atoms with van der Waals surface area (Å²) in [4.78, 5) is 11.5. The lowest BCUT2D eigenvalue weighted by Gasteiger charge is -2.20. The van der Waals surface area contributed by atoms with Gasteiger partial charge in [-0.05, 0) is 24.8 Å². The molecule has 1 aliphatic heterocycles. The molecule has 0 spiro atoms. The van der Waals surface area contributed by atoms with Crippen LogP contribution in [0.1, 0.15) is 12.8 Å². The first-order valence-electron chi connectivity index (χ1n) is 6.60. The van der Waals surface area contributed by atoms with Crippen LogP contribution in [-0.4, -0.2) is 45.9 Å². The van der Waals surface area contributed by atoms with E-state index in [9.17, 15) is 5.11 Å². The molecule has 19 heavy (non-hydrogen) atoms. The molecule has 102 valence electrons. The highest BCUT2D eigenvalue weighted by atomic mass is 16.5. The van der Waals surface area contributed by atoms with Crippen LogP contribution in [0.25, 0.3) is 11.0 Å². The maximum absolute atomic E-state index is 9.52. The van der Waals surface area contributed by atoms with Crippen molar-refractivity contribution in [3.05, 3.63) is 18.6 Å². The molecule has 0 bridgehead atoms. The van der Waals surface area contributed by atoms with E-state index in [1.807, 2.05) is 12.3 Å². The number of rotatable bonds is 5. The van der Waals surface area contributed by atoms with Gasteiger partial charge in [0.1, 0.15) is 17.8 Å². The van der Waals surface area contributed by atoms with Gasteiger partial charge in [-0.25, -0.2) is 9.97 Å². The van der Waals surface area contributed by atoms with Gasteiger partial charge >= 0.3 is 0 Å². The molecule has 2 aromatic heterocycles. The molecule has 2 aromatic rings. The van der Waals surface area contributed by atoms with E-state index in [1.165, 1.54) is 6.33 Å². The fourth-order valence-corrected chi connectivity index (χ4v) is 2.53. The Morgan fingerprint density at radius 3 is 3.26 bits per heavy atom. The number of hydrogen-bond acceptors (Lipinski definition) is 5. The van der Waals surface area contributed by atoms with Crippen molar-refractivity contribution in [3.63, 3.8) is 0 Å². The van der Waals surface area contributed by atoms with Crippen LogP contribution in [0.5, 0.6) is 0 Å². The van der Waals surface area contributed by atoms with Crippen LogP contribution in [0.4, 0.5) is 5.82 Å². The van der Waals surface area contributed by atoms with Gasteiger partial charge in [0, 0.05) is 19.4 Å². The van der Waals surface area contributed by atoms with Gasteiger partial charge in [0.2, 0.25) is 0 Å². The molecule has 1 aliphatic rings. The van der Waals surface area contributed by atoms with Gasteiger partial charge < -0.3 is 20.1 Å². The standard InChI is InChI=1S/C13H18N4O2/c18-6-10(5-9-2-4-19-7-9)17-13-11-1-3-14-12(11)15-8-16-13/h1,3,8-10,18H,2,4-7H2,(H2,14,15,16,17)/t9-,10+/m1/s1. The van der Waals surface area contributed by atoms with Gasteiger partial charge in [0.25, 0.3) is 0 Å². The summed E-state index contributed by atoms with van der Waals surface area (Å²) < 4.78 is 5.37. The van der Waals surface area contributed by atoms with Crippen LogP contribution in [0.3, 0.4) is 0 Å². The molecular weight excluding hydrogens is 244 g/mol. The number of aromatic amines is 1. The first-order chi connectivity index (χ1) is 9.36. The molecule has 0 unspecified atom stereocenters. The van der Waals surface area contributed by atoms with Crippen LogP contribution in [-0.2, 0) is 4.74 Å². The highest BCUT2D eigenvalue weighted by Crippen LogP contribution is 2.22. The molecule has 0 aromatic carbocycles. The van der Waals surface area contributed by atoms with E-state index in [2.05, 4.69) is 20.3 Å². The number of ether oxygens (including phenoxy) is 1. The number of anilines is 1. The third-order valence-electron chi connectivity index (χ3n) is 3.56. The first-order valence-corrected chi connectivity index (χ1v) is 6.60. The number of nitrogens with zero attached hydrogens (tertiary/aromatic N) is 2. The SMILES string of the molecule is OC[C@H](C[C@H]1CCOC1)Nc1ncnc2[nH]ccc12. The van der Waals surface area contributed by atoms with E-state index >= 15 is 0 Å². The van der Waals surface area contributed by atoms with Crippen LogP contribution >= 0.6 is 0 Å². The summed E-state index contributed by atoms with van der Waals surface area (Å²) in [5.41, 5.74) is 0.804. The summed E-state index contributed by atoms with van der Waals surface area (Å²) in [5.74, 6) is 1.29. The summed E-state index contributed by atoms with van der Waals surface area (Å²) >= 11 is 0. The van der Waals surface area contributed by atoms with Crippen molar-refractivity contribution in [2.24, 2.45) is 5.92 Å². The summed E-state index contributed by atoms with van der Waals surface area (Å²) in [7, 11) is 0. The highest BCUT2D eigenvalue weighted by Gasteiger charge is 2.21. The number of fused-ring (bicyclic) bond motifs is 1. The third-order valence-corrected chi connectivity index (χ3v) is 3.56. The maximum atomic E-state index is 9.52. The number of hydrogen-bond donors (Lipinski definition) is 3. The second-order valence-corrected chi connectivity index (χ2v) is 4.95. The minimum absolute atomic E-state index is 0.000278. The summed E-state index contributed by atoms with van der Waals surface area (Å²) in [6.45, 7) is 1.71. The zero-order valence-corrected chi connectivity index (χ0v) is 10.7. The monoisotopic (exact) mass is 262 g/mol. The van der Waals surface area contributed by atoms with E-state index in [0.717, 1.165) is 42.9 Å². The van der Waals surface area contributed by atoms with Gasteiger partial charge in [-0.15, -0.1) is 0 Å². The Bertz CT molecular complexity index is 536. The Hall–Kier alpha value is -1.66. The third kappa shape index (κ3) is 2.69. The Kier molecular flexibility index (Phi) is 3.61. The minimum atomic E-state index is -0.000278. The quantitative estimate of drug-likeness (QED) is 0.753. The normalized spacial score (nSPS) is 20.8. The second kappa shape index (κ2) is 5.54. The molecule has 1 saturated heterocycles. The Balaban J connectivity index is 1.72. The topological polar surface area (TPSA) is 83.1 Å². The predicted octanol–water partition coefficient (Wildman–Crippen LogP) is 1.16. The van der Waals surface area contributed by atoms with Gasteiger partial charge in [-0.2, -0.15) is 0 Å². The van der Waals surface area contributed by atoms with E-state index in [-0.39, 0.29) is 12.6 Å². The fourth-order valence-electron chi connectivity index (χ4n) is 2.53. The molecule has 0 saturated carbocycles. The summed E-state index contributed by atoms with van der Waals surface area (Å²) in [6.07, 6.45) is 5.32. The molecule has 6 heteroatoms. The summed E-state index contributed by atoms with van der Waals surface area (Å²) in [5, 5.41) is 13.8. The average molecular weight is 262 g/mol. The average Bonchev–Trinajstić information content (AvgIpc) is 3.08. The molecule has 2 atom stereocenters. The number of aromatic nitrogens is 3. The lowest BCUT2D eigenvalue weighted by atomic mass is 9.99. The Morgan fingerprint density at radius 2 is 2.47 bits per heavy atom. The van der Waals surface area contributed by atoms with Crippen molar-refractivity contribution in [2.45, 2.75) is 18.9 Å². The van der Waals surface area contributed by atoms with E-state index in [1.54, 1.807) is 0 Å². The van der Waals surface area contributed by atoms with Crippen molar-refractivity contribution in [2.75, 3.05) is 25.1 Å². The van der Waals surface area contributed by atoms with E-state index in [4.69, 9.17) is 4.74 Å². The summed E-state index contributed by atoms with van der Waals surface area (Å²) in [6, 6.07) is 1.94. The van der Waals surface area contributed by atoms with Crippen molar-refractivity contribution in [1.29, 1.82) is 0 Å². The molecule has 3 N–H and O–H groups in total. The van der Waals surface area contributed by atoms with Crippen molar-refractivity contribution in [1.82, 2.24) is 15.0 Å². The molecule has 0 amide bonds. The number of H-pyrrole nitrogens is 1. The van der Waals surface area contributed by atoms with Crippen molar-refractivity contribution in [3.8, 4) is 0 Å². The molecule has 0 aliphatic carbocycles. The zero-order chi connectivity index (χ0) is 13.1. The predicted molar refractivity (Wildman–Crippen MR) is 71.9 cm³/mol. The van der Waals surface area contributed by atoms with Gasteiger partial charge in [-0.1, -0.05) is 0 Å². The molecule has 6 nitrogen and oxygen atoms in total. The fraction of sp³-hybridized carbons (Fsp3) is 0.538. The minimum Gasteiger partial charge on any atom is -0.394 e. The largest absolute Gasteiger partial charge is 0.394 e. The van der Waals surface area contributed by atoms with Crippen LogP contribution in [0, 0.1) is 5.92 Å². The highest BCUT2D eigenvalue weighted by molar-refractivity contribution is 5.86. The number of nitrogens with one attached hydrogen (secondary N) is 2. The molecule has 3 rings (SSSR count). The Labute approximate surface area is 111 Å². The second-order valence-electron chi connectivity index (χ2n) is 4.95. The number of aliphatic hydroxyl groups excluding tert-OH is 1. The van der Waals surface area contributed by atoms with E-state index < -0.39 is 0 Å². The smallest absolute Gasteiger partial charge is 0.142 e. The van der Waals surface area contributed by atoms with Crippen LogP contribution in [0.2, 0.25) is 0 Å². The lowest BCUT2D eigenvalue weighted by Crippen LogP contribution is -2.27. The molecular formula is C13H18N4O2. The lowest BCUT2D eigenvalue weighted by molar-refractivity contribution is 0.179. The maximum Gasteiger partial charge on any atom is 0.142 e. The Morgan fingerprint density at radius 1 is 1.53 bits per heavy atom. The zero-order valence-electron chi connectivity index (χ0n) is 10.7. The van der Waals surface area contributed by atoms with Crippen LogP contribution < -0.4 is 5.32 Å². The van der Waals surface area contributed by atoms with Crippen molar-refractivity contribution >= 4 is 16.9 Å². The first kappa shape index (κ1) is 12.4.